The fraction of sp³-hybridized carbons (Fsp3) is 0.0952. The van der Waals surface area contributed by atoms with Crippen molar-refractivity contribution in [1.29, 1.82) is 0 Å². The zero-order valence-corrected chi connectivity index (χ0v) is 17.7. The van der Waals surface area contributed by atoms with Gasteiger partial charge in [-0.3, -0.25) is 0 Å². The van der Waals surface area contributed by atoms with E-state index in [1.165, 1.54) is 0 Å². The van der Waals surface area contributed by atoms with Crippen molar-refractivity contribution >= 4 is 50.8 Å². The molecule has 0 amide bonds. The molecule has 0 heterocycles. The quantitative estimate of drug-likeness (QED) is 0.397. The highest BCUT2D eigenvalue weighted by Gasteiger charge is 2.08. The molecule has 0 saturated carbocycles. The standard InChI is InChI=1S/C21H16BrCl2NO3/c22-16-4-8-20(28-12-13-1-7-18(23)19(24)9-13)15(10-16)11-25-17-5-2-14(3-6-17)21(26)27/h1-10,25H,11-12H2,(H,26,27). The summed E-state index contributed by atoms with van der Waals surface area (Å²) in [5.74, 6) is -0.208. The summed E-state index contributed by atoms with van der Waals surface area (Å²) in [6.45, 7) is 0.876. The molecule has 0 unspecified atom stereocenters. The normalized spacial score (nSPS) is 10.5. The molecule has 0 aliphatic heterocycles. The summed E-state index contributed by atoms with van der Waals surface area (Å²) in [6.07, 6.45) is 0. The summed E-state index contributed by atoms with van der Waals surface area (Å²) in [5, 5.41) is 13.3. The predicted molar refractivity (Wildman–Crippen MR) is 116 cm³/mol. The van der Waals surface area contributed by atoms with Crippen LogP contribution in [-0.2, 0) is 13.2 Å². The van der Waals surface area contributed by atoms with Crippen molar-refractivity contribution < 1.29 is 14.6 Å². The molecule has 0 fully saturated rings. The summed E-state index contributed by atoms with van der Waals surface area (Å²) >= 11 is 15.5. The Morgan fingerprint density at radius 2 is 1.75 bits per heavy atom. The number of halogens is 3. The van der Waals surface area contributed by atoms with E-state index in [9.17, 15) is 4.79 Å². The Morgan fingerprint density at radius 3 is 2.43 bits per heavy atom. The van der Waals surface area contributed by atoms with Crippen LogP contribution in [0.4, 0.5) is 5.69 Å². The predicted octanol–water partition coefficient (Wildman–Crippen LogP) is 6.65. The van der Waals surface area contributed by atoms with Gasteiger partial charge in [0.2, 0.25) is 0 Å². The molecule has 7 heteroatoms. The Kier molecular flexibility index (Phi) is 6.83. The average Bonchev–Trinajstić information content (AvgIpc) is 2.68. The molecule has 4 nitrogen and oxygen atoms in total. The monoisotopic (exact) mass is 479 g/mol. The van der Waals surface area contributed by atoms with Gasteiger partial charge < -0.3 is 15.2 Å². The maximum absolute atomic E-state index is 10.9. The molecule has 0 atom stereocenters. The van der Waals surface area contributed by atoms with Gasteiger partial charge in [-0.05, 0) is 60.2 Å². The first kappa shape index (κ1) is 20.5. The molecular formula is C21H16BrCl2NO3. The molecule has 0 aliphatic carbocycles. The number of hydrogen-bond donors (Lipinski definition) is 2. The summed E-state index contributed by atoms with van der Waals surface area (Å²) in [5.41, 5.74) is 2.94. The Bertz CT molecular complexity index is 993. The highest BCUT2D eigenvalue weighted by atomic mass is 79.9. The lowest BCUT2D eigenvalue weighted by molar-refractivity contribution is 0.0697. The van der Waals surface area contributed by atoms with Gasteiger partial charge in [0.25, 0.3) is 0 Å². The van der Waals surface area contributed by atoms with Crippen LogP contribution in [0.1, 0.15) is 21.5 Å². The van der Waals surface area contributed by atoms with E-state index in [4.69, 9.17) is 33.0 Å². The SMILES string of the molecule is O=C(O)c1ccc(NCc2cc(Br)ccc2OCc2ccc(Cl)c(Cl)c2)cc1. The van der Waals surface area contributed by atoms with Gasteiger partial charge >= 0.3 is 5.97 Å². The summed E-state index contributed by atoms with van der Waals surface area (Å²) in [7, 11) is 0. The third kappa shape index (κ3) is 5.41. The second kappa shape index (κ2) is 9.32. The second-order valence-corrected chi connectivity index (χ2v) is 7.76. The lowest BCUT2D eigenvalue weighted by Gasteiger charge is -2.14. The first-order valence-electron chi connectivity index (χ1n) is 8.35. The van der Waals surface area contributed by atoms with Gasteiger partial charge in [-0.2, -0.15) is 0 Å². The van der Waals surface area contributed by atoms with E-state index in [-0.39, 0.29) is 5.56 Å². The van der Waals surface area contributed by atoms with E-state index in [0.29, 0.717) is 23.2 Å². The molecule has 3 aromatic carbocycles. The van der Waals surface area contributed by atoms with Crippen molar-refractivity contribution in [3.05, 3.63) is 91.9 Å². The van der Waals surface area contributed by atoms with Gasteiger partial charge in [-0.1, -0.05) is 45.2 Å². The summed E-state index contributed by atoms with van der Waals surface area (Å²) < 4.78 is 6.91. The van der Waals surface area contributed by atoms with Gasteiger partial charge in [0.05, 0.1) is 15.6 Å². The fourth-order valence-electron chi connectivity index (χ4n) is 2.55. The number of benzene rings is 3. The van der Waals surface area contributed by atoms with Crippen molar-refractivity contribution in [1.82, 2.24) is 0 Å². The van der Waals surface area contributed by atoms with Crippen LogP contribution < -0.4 is 10.1 Å². The number of aromatic carboxylic acids is 1. The number of rotatable bonds is 7. The molecule has 0 aliphatic rings. The number of hydrogen-bond acceptors (Lipinski definition) is 3. The van der Waals surface area contributed by atoms with E-state index in [1.54, 1.807) is 36.4 Å². The third-order valence-corrected chi connectivity index (χ3v) is 5.25. The molecule has 28 heavy (non-hydrogen) atoms. The van der Waals surface area contributed by atoms with Crippen LogP contribution in [0.2, 0.25) is 10.0 Å². The molecule has 0 spiro atoms. The third-order valence-electron chi connectivity index (χ3n) is 4.02. The number of anilines is 1. The maximum Gasteiger partial charge on any atom is 0.335 e. The minimum absolute atomic E-state index is 0.249. The van der Waals surface area contributed by atoms with Crippen LogP contribution in [0.25, 0.3) is 0 Å². The van der Waals surface area contributed by atoms with Crippen LogP contribution in [0.3, 0.4) is 0 Å². The Hall–Kier alpha value is -2.21. The molecule has 3 aromatic rings. The van der Waals surface area contributed by atoms with Crippen LogP contribution in [-0.4, -0.2) is 11.1 Å². The van der Waals surface area contributed by atoms with Crippen molar-refractivity contribution in [3.8, 4) is 5.75 Å². The van der Waals surface area contributed by atoms with Gasteiger partial charge in [0.1, 0.15) is 12.4 Å². The molecule has 0 aromatic heterocycles. The number of nitrogens with one attached hydrogen (secondary N) is 1. The topological polar surface area (TPSA) is 58.6 Å². The average molecular weight is 481 g/mol. The Morgan fingerprint density at radius 1 is 1.00 bits per heavy atom. The highest BCUT2D eigenvalue weighted by molar-refractivity contribution is 9.10. The Balaban J connectivity index is 1.69. The van der Waals surface area contributed by atoms with Crippen molar-refractivity contribution in [3.63, 3.8) is 0 Å². The molecule has 144 valence electrons. The van der Waals surface area contributed by atoms with E-state index in [0.717, 1.165) is 27.0 Å². The number of carboxylic acids is 1. The van der Waals surface area contributed by atoms with Crippen LogP contribution >= 0.6 is 39.1 Å². The largest absolute Gasteiger partial charge is 0.489 e. The number of ether oxygens (including phenoxy) is 1. The van der Waals surface area contributed by atoms with Crippen LogP contribution in [0, 0.1) is 0 Å². The molecule has 2 N–H and O–H groups in total. The van der Waals surface area contributed by atoms with E-state index >= 15 is 0 Å². The first-order chi connectivity index (χ1) is 13.4. The number of carboxylic acid groups (broad SMARTS) is 1. The molecular weight excluding hydrogens is 465 g/mol. The second-order valence-electron chi connectivity index (χ2n) is 6.03. The van der Waals surface area contributed by atoms with Gasteiger partial charge in [0, 0.05) is 22.3 Å². The molecule has 3 rings (SSSR count). The first-order valence-corrected chi connectivity index (χ1v) is 9.89. The zero-order valence-electron chi connectivity index (χ0n) is 14.6. The minimum Gasteiger partial charge on any atom is -0.489 e. The molecule has 0 saturated heterocycles. The van der Waals surface area contributed by atoms with Crippen molar-refractivity contribution in [2.24, 2.45) is 0 Å². The maximum atomic E-state index is 10.9. The zero-order chi connectivity index (χ0) is 20.1. The van der Waals surface area contributed by atoms with Crippen LogP contribution in [0.5, 0.6) is 5.75 Å². The fourth-order valence-corrected chi connectivity index (χ4v) is 3.27. The van der Waals surface area contributed by atoms with Gasteiger partial charge in [0.15, 0.2) is 0 Å². The van der Waals surface area contributed by atoms with Crippen molar-refractivity contribution in [2.75, 3.05) is 5.32 Å². The van der Waals surface area contributed by atoms with E-state index < -0.39 is 5.97 Å². The van der Waals surface area contributed by atoms with Gasteiger partial charge in [-0.15, -0.1) is 0 Å². The van der Waals surface area contributed by atoms with Crippen molar-refractivity contribution in [2.45, 2.75) is 13.2 Å². The van der Waals surface area contributed by atoms with E-state index in [2.05, 4.69) is 21.2 Å². The van der Waals surface area contributed by atoms with Gasteiger partial charge in [-0.25, -0.2) is 4.79 Å². The Labute approximate surface area is 181 Å². The lowest BCUT2D eigenvalue weighted by Crippen LogP contribution is -2.04. The van der Waals surface area contributed by atoms with Crippen LogP contribution in [0.15, 0.2) is 65.1 Å². The minimum atomic E-state index is -0.948. The number of carbonyl (C=O) groups is 1. The molecule has 0 radical (unpaired) electrons. The van der Waals surface area contributed by atoms with E-state index in [1.807, 2.05) is 24.3 Å². The highest BCUT2D eigenvalue weighted by Crippen LogP contribution is 2.27. The molecule has 0 bridgehead atoms. The summed E-state index contributed by atoms with van der Waals surface area (Å²) in [6, 6.07) is 17.8. The summed E-state index contributed by atoms with van der Waals surface area (Å²) in [4.78, 5) is 10.9. The lowest BCUT2D eigenvalue weighted by atomic mass is 10.1. The smallest absolute Gasteiger partial charge is 0.335 e.